The topological polar surface area (TPSA) is 38.1 Å². The van der Waals surface area contributed by atoms with Crippen LogP contribution in [0.2, 0.25) is 0 Å². The lowest BCUT2D eigenvalue weighted by molar-refractivity contribution is -0.122. The van der Waals surface area contributed by atoms with E-state index in [0.717, 1.165) is 22.4 Å². The van der Waals surface area contributed by atoms with E-state index in [4.69, 9.17) is 17.3 Å². The Morgan fingerprint density at radius 1 is 0.939 bits per heavy atom. The van der Waals surface area contributed by atoms with Crippen LogP contribution < -0.4 is 0 Å². The lowest BCUT2D eigenvalue weighted by Crippen LogP contribution is -2.27. The van der Waals surface area contributed by atoms with Crippen molar-refractivity contribution in [2.75, 3.05) is 0 Å². The Bertz CT molecular complexity index is 1350. The Labute approximate surface area is 200 Å². The molecule has 1 aliphatic heterocycles. The minimum Gasteiger partial charge on any atom is -0.288 e. The second-order valence-electron chi connectivity index (χ2n) is 7.47. The smallest absolute Gasteiger partial charge is 0.266 e. The summed E-state index contributed by atoms with van der Waals surface area (Å²) in [5.74, 6) is -0.448. The summed E-state index contributed by atoms with van der Waals surface area (Å²) < 4.78 is 15.8. The van der Waals surface area contributed by atoms with Crippen molar-refractivity contribution in [1.29, 1.82) is 0 Å². The van der Waals surface area contributed by atoms with Crippen LogP contribution >= 0.6 is 24.0 Å². The number of hydrogen-bond acceptors (Lipinski definition) is 4. The SMILES string of the molecule is O=C1C(=Cc2cn(-c3ccccc3)nc2-c2ccc(F)cc2)SC(=S)N1Cc1ccccc1. The van der Waals surface area contributed by atoms with Crippen LogP contribution in [-0.4, -0.2) is 24.9 Å². The normalized spacial score (nSPS) is 14.9. The van der Waals surface area contributed by atoms with Gasteiger partial charge < -0.3 is 0 Å². The fraction of sp³-hybridized carbons (Fsp3) is 0.0385. The number of nitrogens with zero attached hydrogens (tertiary/aromatic N) is 3. The molecule has 5 rings (SSSR count). The number of benzene rings is 3. The van der Waals surface area contributed by atoms with E-state index in [1.54, 1.807) is 21.7 Å². The molecule has 4 nitrogen and oxygen atoms in total. The molecule has 0 radical (unpaired) electrons. The van der Waals surface area contributed by atoms with Crippen molar-refractivity contribution in [3.05, 3.63) is 113 Å². The average molecular weight is 472 g/mol. The summed E-state index contributed by atoms with van der Waals surface area (Å²) in [5.41, 5.74) is 4.08. The maximum Gasteiger partial charge on any atom is 0.266 e. The number of halogens is 1. The van der Waals surface area contributed by atoms with Gasteiger partial charge in [-0.15, -0.1) is 0 Å². The van der Waals surface area contributed by atoms with Gasteiger partial charge in [-0.25, -0.2) is 9.07 Å². The second kappa shape index (κ2) is 9.13. The summed E-state index contributed by atoms with van der Waals surface area (Å²) in [7, 11) is 0. The zero-order valence-corrected chi connectivity index (χ0v) is 19.0. The van der Waals surface area contributed by atoms with Gasteiger partial charge >= 0.3 is 0 Å². The third-order valence-electron chi connectivity index (χ3n) is 5.22. The predicted molar refractivity (Wildman–Crippen MR) is 134 cm³/mol. The highest BCUT2D eigenvalue weighted by molar-refractivity contribution is 8.26. The predicted octanol–water partition coefficient (Wildman–Crippen LogP) is 6.08. The van der Waals surface area contributed by atoms with Crippen molar-refractivity contribution in [3.63, 3.8) is 0 Å². The average Bonchev–Trinajstić information content (AvgIpc) is 3.37. The van der Waals surface area contributed by atoms with E-state index >= 15 is 0 Å². The molecule has 1 amide bonds. The Balaban J connectivity index is 1.53. The maximum atomic E-state index is 13.5. The van der Waals surface area contributed by atoms with Crippen molar-refractivity contribution < 1.29 is 9.18 Å². The molecule has 1 saturated heterocycles. The summed E-state index contributed by atoms with van der Waals surface area (Å²) in [6, 6.07) is 25.6. The molecule has 2 heterocycles. The van der Waals surface area contributed by atoms with Gasteiger partial charge in [0.05, 0.1) is 22.8 Å². The summed E-state index contributed by atoms with van der Waals surface area (Å²) in [4.78, 5) is 15.3. The quantitative estimate of drug-likeness (QED) is 0.261. The van der Waals surface area contributed by atoms with Gasteiger partial charge in [0, 0.05) is 17.3 Å². The summed E-state index contributed by atoms with van der Waals surface area (Å²) >= 11 is 6.78. The molecule has 4 aromatic rings. The summed E-state index contributed by atoms with van der Waals surface area (Å²) in [5, 5.41) is 4.74. The number of rotatable bonds is 5. The molecule has 1 aromatic heterocycles. The standard InChI is InChI=1S/C26H18FN3OS2/c27-21-13-11-19(12-14-21)24-20(17-30(28-24)22-9-5-2-6-10-22)15-23-25(31)29(26(32)33-23)16-18-7-3-1-4-8-18/h1-15,17H,16H2. The molecule has 0 spiro atoms. The van der Waals surface area contributed by atoms with Gasteiger partial charge in [-0.1, -0.05) is 72.5 Å². The molecule has 7 heteroatoms. The van der Waals surface area contributed by atoms with Crippen molar-refractivity contribution >= 4 is 40.3 Å². The molecule has 1 aliphatic rings. The summed E-state index contributed by atoms with van der Waals surface area (Å²) in [6.45, 7) is 0.428. The van der Waals surface area contributed by atoms with Crippen molar-refractivity contribution in [2.24, 2.45) is 0 Å². The summed E-state index contributed by atoms with van der Waals surface area (Å²) in [6.07, 6.45) is 3.69. The zero-order valence-electron chi connectivity index (χ0n) is 17.4. The van der Waals surface area contributed by atoms with E-state index in [1.807, 2.05) is 72.9 Å². The molecule has 1 fully saturated rings. The number of amides is 1. The molecular weight excluding hydrogens is 453 g/mol. The molecule has 162 valence electrons. The molecule has 0 aliphatic carbocycles. The number of carbonyl (C=O) groups is 1. The van der Waals surface area contributed by atoms with E-state index < -0.39 is 0 Å². The first kappa shape index (κ1) is 21.3. The van der Waals surface area contributed by atoms with E-state index in [0.29, 0.717) is 21.5 Å². The number of thioether (sulfide) groups is 1. The van der Waals surface area contributed by atoms with E-state index in [-0.39, 0.29) is 11.7 Å². The first-order valence-corrected chi connectivity index (χ1v) is 11.5. The lowest BCUT2D eigenvalue weighted by atomic mass is 10.1. The number of carbonyl (C=O) groups excluding carboxylic acids is 1. The van der Waals surface area contributed by atoms with Crippen molar-refractivity contribution in [2.45, 2.75) is 6.54 Å². The largest absolute Gasteiger partial charge is 0.288 e. The third kappa shape index (κ3) is 4.51. The van der Waals surface area contributed by atoms with Gasteiger partial charge in [0.15, 0.2) is 0 Å². The first-order valence-electron chi connectivity index (χ1n) is 10.3. The minimum atomic E-state index is -0.315. The van der Waals surface area contributed by atoms with Gasteiger partial charge in [0.1, 0.15) is 10.1 Å². The van der Waals surface area contributed by atoms with Gasteiger partial charge in [-0.05, 0) is 48.0 Å². The number of aromatic nitrogens is 2. The molecule has 0 bridgehead atoms. The van der Waals surface area contributed by atoms with E-state index in [9.17, 15) is 9.18 Å². The van der Waals surface area contributed by atoms with Gasteiger partial charge in [-0.3, -0.25) is 9.69 Å². The Hall–Kier alpha value is -3.55. The van der Waals surface area contributed by atoms with E-state index in [2.05, 4.69) is 0 Å². The zero-order chi connectivity index (χ0) is 22.8. The highest BCUT2D eigenvalue weighted by Crippen LogP contribution is 2.35. The fourth-order valence-corrected chi connectivity index (χ4v) is 4.83. The molecule has 3 aromatic carbocycles. The van der Waals surface area contributed by atoms with E-state index in [1.165, 1.54) is 23.9 Å². The van der Waals surface area contributed by atoms with Crippen LogP contribution in [-0.2, 0) is 11.3 Å². The second-order valence-corrected chi connectivity index (χ2v) is 9.15. The van der Waals surface area contributed by atoms with Gasteiger partial charge in [0.2, 0.25) is 0 Å². The number of para-hydroxylation sites is 1. The Morgan fingerprint density at radius 3 is 2.30 bits per heavy atom. The number of thiocarbonyl (C=S) groups is 1. The maximum absolute atomic E-state index is 13.5. The Kier molecular flexibility index (Phi) is 5.90. The molecule has 0 atom stereocenters. The third-order valence-corrected chi connectivity index (χ3v) is 6.60. The molecule has 0 saturated carbocycles. The molecule has 33 heavy (non-hydrogen) atoms. The van der Waals surface area contributed by atoms with Crippen molar-refractivity contribution in [3.8, 4) is 16.9 Å². The van der Waals surface area contributed by atoms with Crippen LogP contribution in [0.25, 0.3) is 23.0 Å². The molecule has 0 N–H and O–H groups in total. The fourth-order valence-electron chi connectivity index (χ4n) is 3.58. The van der Waals surface area contributed by atoms with Crippen LogP contribution in [0.15, 0.2) is 96.0 Å². The van der Waals surface area contributed by atoms with Crippen LogP contribution in [0.3, 0.4) is 0 Å². The molecular formula is C26H18FN3OS2. The lowest BCUT2D eigenvalue weighted by Gasteiger charge is -2.14. The Morgan fingerprint density at radius 2 is 1.61 bits per heavy atom. The number of hydrogen-bond donors (Lipinski definition) is 0. The minimum absolute atomic E-state index is 0.133. The van der Waals surface area contributed by atoms with Crippen molar-refractivity contribution in [1.82, 2.24) is 14.7 Å². The van der Waals surface area contributed by atoms with Crippen LogP contribution in [0.1, 0.15) is 11.1 Å². The highest BCUT2D eigenvalue weighted by atomic mass is 32.2. The monoisotopic (exact) mass is 471 g/mol. The van der Waals surface area contributed by atoms with Crippen LogP contribution in [0.5, 0.6) is 0 Å². The first-order chi connectivity index (χ1) is 16.1. The van der Waals surface area contributed by atoms with Crippen LogP contribution in [0.4, 0.5) is 4.39 Å². The van der Waals surface area contributed by atoms with Crippen LogP contribution in [0, 0.1) is 5.82 Å². The van der Waals surface area contributed by atoms with Gasteiger partial charge in [-0.2, -0.15) is 5.10 Å². The highest BCUT2D eigenvalue weighted by Gasteiger charge is 2.32. The van der Waals surface area contributed by atoms with Gasteiger partial charge in [0.25, 0.3) is 5.91 Å². The molecule has 0 unspecified atom stereocenters.